The first kappa shape index (κ1) is 19.4. The Morgan fingerprint density at radius 2 is 1.83 bits per heavy atom. The quantitative estimate of drug-likeness (QED) is 0.710. The Kier molecular flexibility index (Phi) is 5.79. The molecule has 29 heavy (non-hydrogen) atoms. The van der Waals surface area contributed by atoms with Gasteiger partial charge in [0.1, 0.15) is 12.4 Å². The van der Waals surface area contributed by atoms with Gasteiger partial charge in [0.05, 0.1) is 12.7 Å². The molecule has 0 N–H and O–H groups in total. The Balaban J connectivity index is 1.45. The summed E-state index contributed by atoms with van der Waals surface area (Å²) in [5.74, 6) is 0.491. The number of ether oxygens (including phenoxy) is 2. The molecule has 2 saturated heterocycles. The third-order valence-corrected chi connectivity index (χ3v) is 6.03. The number of hydrogen-bond acceptors (Lipinski definition) is 5. The molecule has 1 amide bonds. The minimum Gasteiger partial charge on any atom is -0.496 e. The molecule has 2 aromatic rings. The van der Waals surface area contributed by atoms with E-state index < -0.39 is 0 Å². The molecule has 2 fully saturated rings. The van der Waals surface area contributed by atoms with Crippen LogP contribution in [-0.4, -0.2) is 41.0 Å². The fourth-order valence-electron chi connectivity index (χ4n) is 4.65. The summed E-state index contributed by atoms with van der Waals surface area (Å²) in [6.45, 7) is 0.269. The predicted octanol–water partition coefficient (Wildman–Crippen LogP) is 4.24. The van der Waals surface area contributed by atoms with Gasteiger partial charge in [-0.3, -0.25) is 9.78 Å². The number of carbonyl (C=O) groups excluding carboxylic acids is 2. The van der Waals surface area contributed by atoms with Crippen LogP contribution in [-0.2, 0) is 11.3 Å². The number of methoxy groups -OCH3 is 1. The van der Waals surface area contributed by atoms with Crippen LogP contribution in [0.1, 0.15) is 48.0 Å². The van der Waals surface area contributed by atoms with E-state index in [1.54, 1.807) is 25.6 Å². The highest BCUT2D eigenvalue weighted by atomic mass is 16.6. The maximum Gasteiger partial charge on any atom is 0.410 e. The zero-order chi connectivity index (χ0) is 20.2. The number of aromatic nitrogens is 1. The molecule has 1 aromatic heterocycles. The van der Waals surface area contributed by atoms with Gasteiger partial charge in [-0.1, -0.05) is 30.3 Å². The summed E-state index contributed by atoms with van der Waals surface area (Å²) >= 11 is 0. The first-order valence-corrected chi connectivity index (χ1v) is 10.2. The number of Topliss-reactive ketones (excluding diaryl/α,β-unsaturated/α-hetero) is 1. The number of piperidine rings is 2. The molecule has 4 rings (SSSR count). The van der Waals surface area contributed by atoms with Crippen molar-refractivity contribution in [2.75, 3.05) is 7.11 Å². The number of nitrogens with zero attached hydrogens (tertiary/aromatic N) is 2. The fraction of sp³-hybridized carbons (Fsp3) is 0.435. The van der Waals surface area contributed by atoms with Crippen LogP contribution in [0.2, 0.25) is 0 Å². The summed E-state index contributed by atoms with van der Waals surface area (Å²) in [5.41, 5.74) is 1.50. The fourth-order valence-corrected chi connectivity index (χ4v) is 4.65. The van der Waals surface area contributed by atoms with Crippen molar-refractivity contribution < 1.29 is 19.1 Å². The van der Waals surface area contributed by atoms with Crippen molar-refractivity contribution in [1.82, 2.24) is 9.88 Å². The van der Waals surface area contributed by atoms with Crippen LogP contribution in [0.3, 0.4) is 0 Å². The summed E-state index contributed by atoms with van der Waals surface area (Å²) in [7, 11) is 1.56. The lowest BCUT2D eigenvalue weighted by Crippen LogP contribution is -2.55. The molecule has 0 saturated carbocycles. The minimum absolute atomic E-state index is 0.0439. The smallest absolute Gasteiger partial charge is 0.410 e. The highest BCUT2D eigenvalue weighted by Gasteiger charge is 2.44. The molecule has 3 heterocycles. The van der Waals surface area contributed by atoms with E-state index in [2.05, 4.69) is 4.98 Å². The zero-order valence-corrected chi connectivity index (χ0v) is 16.6. The number of amides is 1. The topological polar surface area (TPSA) is 68.7 Å². The van der Waals surface area contributed by atoms with Crippen LogP contribution < -0.4 is 4.74 Å². The maximum absolute atomic E-state index is 13.1. The van der Waals surface area contributed by atoms with E-state index in [4.69, 9.17) is 9.47 Å². The van der Waals surface area contributed by atoms with E-state index in [0.717, 1.165) is 24.8 Å². The van der Waals surface area contributed by atoms with E-state index in [1.165, 1.54) is 0 Å². The average Bonchev–Trinajstić information content (AvgIpc) is 2.76. The Morgan fingerprint density at radius 3 is 2.52 bits per heavy atom. The normalized spacial score (nSPS) is 23.3. The molecule has 6 heteroatoms. The van der Waals surface area contributed by atoms with Crippen LogP contribution in [0.4, 0.5) is 4.79 Å². The number of hydrogen-bond donors (Lipinski definition) is 0. The first-order valence-electron chi connectivity index (χ1n) is 10.2. The van der Waals surface area contributed by atoms with Crippen molar-refractivity contribution >= 4 is 11.9 Å². The SMILES string of the molecule is COc1ccncc1C(=O)C1CC2CCCC(C1)N2C(=O)OCc1ccccc1. The number of carbonyl (C=O) groups is 2. The van der Waals surface area contributed by atoms with Crippen LogP contribution in [0.5, 0.6) is 5.75 Å². The van der Waals surface area contributed by atoms with Crippen LogP contribution in [0.15, 0.2) is 48.8 Å². The van der Waals surface area contributed by atoms with Gasteiger partial charge in [-0.05, 0) is 43.7 Å². The Bertz CT molecular complexity index is 856. The van der Waals surface area contributed by atoms with E-state index >= 15 is 0 Å². The lowest BCUT2D eigenvalue weighted by Gasteiger charge is -2.47. The largest absolute Gasteiger partial charge is 0.496 e. The van der Waals surface area contributed by atoms with Crippen molar-refractivity contribution in [3.8, 4) is 5.75 Å². The summed E-state index contributed by atoms with van der Waals surface area (Å²) in [6.07, 6.45) is 7.15. The molecule has 152 valence electrons. The van der Waals surface area contributed by atoms with Gasteiger partial charge in [0.25, 0.3) is 0 Å². The third kappa shape index (κ3) is 4.11. The number of ketones is 1. The number of rotatable bonds is 5. The molecule has 0 radical (unpaired) electrons. The van der Waals surface area contributed by atoms with Gasteiger partial charge >= 0.3 is 6.09 Å². The minimum atomic E-state index is -0.270. The third-order valence-electron chi connectivity index (χ3n) is 6.03. The second-order valence-corrected chi connectivity index (χ2v) is 7.79. The van der Waals surface area contributed by atoms with Gasteiger partial charge in [-0.25, -0.2) is 4.79 Å². The molecule has 2 aliphatic rings. The zero-order valence-electron chi connectivity index (χ0n) is 16.6. The lowest BCUT2D eigenvalue weighted by molar-refractivity contribution is 0.00466. The second kappa shape index (κ2) is 8.64. The van der Waals surface area contributed by atoms with Crippen molar-refractivity contribution in [1.29, 1.82) is 0 Å². The van der Waals surface area contributed by atoms with Gasteiger partial charge in [0.15, 0.2) is 5.78 Å². The van der Waals surface area contributed by atoms with Crippen molar-refractivity contribution in [2.24, 2.45) is 5.92 Å². The molecule has 6 nitrogen and oxygen atoms in total. The van der Waals surface area contributed by atoms with E-state index in [-0.39, 0.29) is 36.5 Å². The Morgan fingerprint density at radius 1 is 1.10 bits per heavy atom. The molecular formula is C23H26N2O4. The summed E-state index contributed by atoms with van der Waals surface area (Å²) in [6, 6.07) is 11.5. The van der Waals surface area contributed by atoms with Crippen molar-refractivity contribution in [3.63, 3.8) is 0 Å². The first-order chi connectivity index (χ1) is 14.2. The molecule has 2 unspecified atom stereocenters. The van der Waals surface area contributed by atoms with Gasteiger partial charge in [-0.15, -0.1) is 0 Å². The maximum atomic E-state index is 13.1. The predicted molar refractivity (Wildman–Crippen MR) is 108 cm³/mol. The molecule has 0 spiro atoms. The van der Waals surface area contributed by atoms with Crippen LogP contribution in [0.25, 0.3) is 0 Å². The summed E-state index contributed by atoms with van der Waals surface area (Å²) < 4.78 is 10.9. The molecule has 2 aliphatic heterocycles. The van der Waals surface area contributed by atoms with E-state index in [9.17, 15) is 9.59 Å². The van der Waals surface area contributed by atoms with Gasteiger partial charge in [0.2, 0.25) is 0 Å². The van der Waals surface area contributed by atoms with E-state index in [0.29, 0.717) is 24.2 Å². The van der Waals surface area contributed by atoms with Gasteiger partial charge in [0, 0.05) is 30.4 Å². The van der Waals surface area contributed by atoms with Crippen molar-refractivity contribution in [3.05, 3.63) is 59.9 Å². The highest BCUT2D eigenvalue weighted by Crippen LogP contribution is 2.39. The standard InChI is InChI=1S/C23H26N2O4/c1-28-21-10-11-24-14-20(21)22(26)17-12-18-8-5-9-19(13-17)25(18)23(27)29-15-16-6-3-2-4-7-16/h2-4,6-7,10-11,14,17-19H,5,8-9,12-13,15H2,1H3. The molecule has 2 atom stereocenters. The van der Waals surface area contributed by atoms with Gasteiger partial charge < -0.3 is 14.4 Å². The second-order valence-electron chi connectivity index (χ2n) is 7.79. The summed E-state index contributed by atoms with van der Waals surface area (Å²) in [5, 5.41) is 0. The van der Waals surface area contributed by atoms with Crippen LogP contribution >= 0.6 is 0 Å². The molecular weight excluding hydrogens is 368 g/mol. The number of benzene rings is 1. The average molecular weight is 394 g/mol. The Hall–Kier alpha value is -2.89. The highest BCUT2D eigenvalue weighted by molar-refractivity contribution is 6.00. The lowest BCUT2D eigenvalue weighted by atomic mass is 9.76. The molecule has 2 bridgehead atoms. The monoisotopic (exact) mass is 394 g/mol. The van der Waals surface area contributed by atoms with Gasteiger partial charge in [-0.2, -0.15) is 0 Å². The number of fused-ring (bicyclic) bond motifs is 2. The number of pyridine rings is 1. The van der Waals surface area contributed by atoms with E-state index in [1.807, 2.05) is 35.2 Å². The molecule has 0 aliphatic carbocycles. The van der Waals surface area contributed by atoms with Crippen molar-refractivity contribution in [2.45, 2.75) is 50.8 Å². The summed E-state index contributed by atoms with van der Waals surface area (Å²) in [4.78, 5) is 31.9. The molecule has 1 aromatic carbocycles. The van der Waals surface area contributed by atoms with Crippen LogP contribution in [0, 0.1) is 5.92 Å². The Labute approximate surface area is 170 Å².